The van der Waals surface area contributed by atoms with Gasteiger partial charge in [-0.1, -0.05) is 55.3 Å². The van der Waals surface area contributed by atoms with Crippen LogP contribution in [-0.4, -0.2) is 87.6 Å². The van der Waals surface area contributed by atoms with Crippen molar-refractivity contribution in [2.75, 3.05) is 19.5 Å². The second-order valence-corrected chi connectivity index (χ2v) is 13.6. The zero-order valence-corrected chi connectivity index (χ0v) is 27.4. The topological polar surface area (TPSA) is 203 Å². The summed E-state index contributed by atoms with van der Waals surface area (Å²) in [4.78, 5) is 62.2. The molecule has 6 atom stereocenters. The lowest BCUT2D eigenvalue weighted by Crippen LogP contribution is -2.53. The van der Waals surface area contributed by atoms with Crippen LogP contribution >= 0.6 is 11.8 Å². The number of aliphatic hydroxyl groups excluding tert-OH is 1. The number of nitrogens with one attached hydrogen (secondary N) is 4. The van der Waals surface area contributed by atoms with E-state index in [1.54, 1.807) is 7.05 Å². The van der Waals surface area contributed by atoms with Crippen LogP contribution in [0.2, 0.25) is 0 Å². The maximum Gasteiger partial charge on any atom is 0.353 e. The number of rotatable bonds is 18. The molecule has 0 spiro atoms. The molecule has 2 amide bonds. The number of ether oxygens (including phenoxy) is 1. The van der Waals surface area contributed by atoms with Crippen LogP contribution in [0.4, 0.5) is 0 Å². The Morgan fingerprint density at radius 1 is 1.09 bits per heavy atom. The van der Waals surface area contributed by atoms with E-state index in [0.717, 1.165) is 31.3 Å². The number of carbonyl (C=O) groups excluding carboxylic acids is 3. The van der Waals surface area contributed by atoms with Gasteiger partial charge in [0.25, 0.3) is 0 Å². The van der Waals surface area contributed by atoms with Crippen LogP contribution in [0.1, 0.15) is 57.4 Å². The van der Waals surface area contributed by atoms with E-state index in [1.807, 2.05) is 36.5 Å². The fraction of sp³-hybridized carbons (Fsp3) is 0.545. The Hall–Kier alpha value is -3.72. The highest BCUT2D eigenvalue weighted by Crippen LogP contribution is 2.56. The molecule has 1 aromatic rings. The first-order valence-electron chi connectivity index (χ1n) is 15.9. The minimum atomic E-state index is -2.19. The summed E-state index contributed by atoms with van der Waals surface area (Å²) in [6, 6.07) is 7.83. The van der Waals surface area contributed by atoms with Gasteiger partial charge < -0.3 is 36.0 Å². The molecule has 47 heavy (non-hydrogen) atoms. The number of esters is 1. The number of hydrogen-bond acceptors (Lipinski definition) is 10. The Kier molecular flexibility index (Phi) is 12.6. The van der Waals surface area contributed by atoms with Gasteiger partial charge in [0.05, 0.1) is 4.75 Å². The summed E-state index contributed by atoms with van der Waals surface area (Å²) < 4.78 is 5.38. The molecule has 0 bridgehead atoms. The molecular formula is C33H44N4O9S. The van der Waals surface area contributed by atoms with E-state index < -0.39 is 52.7 Å². The molecule has 4 rings (SSSR count). The number of carboxylic acids is 2. The maximum atomic E-state index is 13.3. The van der Waals surface area contributed by atoms with E-state index in [0.29, 0.717) is 18.6 Å². The molecule has 3 aliphatic rings. The van der Waals surface area contributed by atoms with E-state index in [1.165, 1.54) is 22.9 Å². The predicted octanol–water partition coefficient (Wildman–Crippen LogP) is 1.67. The standard InChI is InChI=1S/C33H44N4O9S/c1-3-12-33(13-11-21-15-20(14-19-7-5-4-6-8-19)16-22-26(21)27(33)46-32(22)45)47-17-24(28(39)37-29(40)31(43)44)36-25(38)10-9-23(30(41)42)35-18-34-2/h4-8,16,21-24,29,34-35,40H,3,9-15,17-18H2,1-2H3,(H,36,38)(H,37,39)(H,41,42)(H,43,44). The van der Waals surface area contributed by atoms with E-state index in [2.05, 4.69) is 28.1 Å². The van der Waals surface area contributed by atoms with Crippen LogP contribution in [0, 0.1) is 11.8 Å². The van der Waals surface area contributed by atoms with Crippen LogP contribution in [0.5, 0.6) is 0 Å². The second-order valence-electron chi connectivity index (χ2n) is 12.2. The molecule has 0 saturated carbocycles. The van der Waals surface area contributed by atoms with E-state index >= 15 is 0 Å². The van der Waals surface area contributed by atoms with Gasteiger partial charge in [0.2, 0.25) is 18.0 Å². The second kappa shape index (κ2) is 16.4. The number of allylic oxidation sites excluding steroid dienone is 1. The predicted molar refractivity (Wildman–Crippen MR) is 174 cm³/mol. The first-order valence-corrected chi connectivity index (χ1v) is 16.9. The highest BCUT2D eigenvalue weighted by Gasteiger charge is 2.52. The van der Waals surface area contributed by atoms with E-state index in [4.69, 9.17) is 9.84 Å². The van der Waals surface area contributed by atoms with Crippen LogP contribution in [0.15, 0.2) is 53.3 Å². The van der Waals surface area contributed by atoms with Crippen molar-refractivity contribution in [3.8, 4) is 0 Å². The quantitative estimate of drug-likeness (QED) is 0.0676. The van der Waals surface area contributed by atoms with Gasteiger partial charge in [-0.05, 0) is 62.6 Å². The SMILES string of the molecule is CCCC1(SCC(NC(=O)CCC(NCNC)C(=O)O)C(=O)NC(O)C(=O)O)CCC2CC(Cc3ccccc3)=CC3C(=O)OC1=C23. The van der Waals surface area contributed by atoms with Gasteiger partial charge in [-0.2, -0.15) is 0 Å². The molecule has 2 aliphatic carbocycles. The lowest BCUT2D eigenvalue weighted by atomic mass is 9.69. The summed E-state index contributed by atoms with van der Waals surface area (Å²) in [5.74, 6) is -4.34. The van der Waals surface area contributed by atoms with Crippen molar-refractivity contribution in [2.24, 2.45) is 11.8 Å². The fourth-order valence-electron chi connectivity index (χ4n) is 6.60. The number of aliphatic carboxylic acids is 2. The molecule has 0 fully saturated rings. The highest BCUT2D eigenvalue weighted by molar-refractivity contribution is 8.00. The summed E-state index contributed by atoms with van der Waals surface area (Å²) in [6.45, 7) is 2.23. The van der Waals surface area contributed by atoms with E-state index in [-0.39, 0.29) is 37.2 Å². The third-order valence-electron chi connectivity index (χ3n) is 8.82. The third kappa shape index (κ3) is 9.01. The first kappa shape index (κ1) is 36.1. The van der Waals surface area contributed by atoms with E-state index in [9.17, 15) is 34.2 Å². The Bertz CT molecular complexity index is 1400. The van der Waals surface area contributed by atoms with Crippen LogP contribution in [0.3, 0.4) is 0 Å². The number of benzene rings is 1. The van der Waals surface area contributed by atoms with Gasteiger partial charge in [-0.25, -0.2) is 4.79 Å². The van der Waals surface area contributed by atoms with Gasteiger partial charge >= 0.3 is 17.9 Å². The summed E-state index contributed by atoms with van der Waals surface area (Å²) >= 11 is 1.37. The summed E-state index contributed by atoms with van der Waals surface area (Å²) in [5, 5.41) is 38.5. The van der Waals surface area contributed by atoms with Crippen LogP contribution in [0.25, 0.3) is 0 Å². The minimum Gasteiger partial charge on any atom is -0.480 e. The molecule has 13 nitrogen and oxygen atoms in total. The summed E-state index contributed by atoms with van der Waals surface area (Å²) in [7, 11) is 1.64. The minimum absolute atomic E-state index is 0.0109. The number of aliphatic hydroxyl groups is 1. The van der Waals surface area contributed by atoms with Gasteiger partial charge in [-0.15, -0.1) is 11.8 Å². The maximum absolute atomic E-state index is 13.3. The molecule has 0 saturated heterocycles. The Labute approximate surface area is 278 Å². The fourth-order valence-corrected chi connectivity index (χ4v) is 8.22. The number of thioether (sulfide) groups is 1. The smallest absolute Gasteiger partial charge is 0.353 e. The van der Waals surface area contributed by atoms with Crippen molar-refractivity contribution >= 4 is 41.5 Å². The normalized spacial score (nSPS) is 23.6. The average molecular weight is 673 g/mol. The monoisotopic (exact) mass is 672 g/mol. The molecule has 256 valence electrons. The molecule has 7 N–H and O–H groups in total. The summed E-state index contributed by atoms with van der Waals surface area (Å²) in [6.07, 6.45) is 4.01. The average Bonchev–Trinajstić information content (AvgIpc) is 3.38. The molecule has 1 aliphatic heterocycles. The molecule has 6 unspecified atom stereocenters. The lowest BCUT2D eigenvalue weighted by molar-refractivity contribution is -0.151. The van der Waals surface area contributed by atoms with Crippen molar-refractivity contribution in [3.63, 3.8) is 0 Å². The zero-order chi connectivity index (χ0) is 34.1. The van der Waals surface area contributed by atoms with Crippen LogP contribution < -0.4 is 21.3 Å². The van der Waals surface area contributed by atoms with Gasteiger partial charge in [0.15, 0.2) is 0 Å². The molecule has 14 heteroatoms. The molecular weight excluding hydrogens is 628 g/mol. The van der Waals surface area contributed by atoms with Crippen molar-refractivity contribution in [2.45, 2.75) is 81.3 Å². The highest BCUT2D eigenvalue weighted by atomic mass is 32.2. The number of carbonyl (C=O) groups is 5. The van der Waals surface area contributed by atoms with Crippen molar-refractivity contribution in [1.29, 1.82) is 0 Å². The van der Waals surface area contributed by atoms with Crippen molar-refractivity contribution in [3.05, 3.63) is 58.9 Å². The van der Waals surface area contributed by atoms with Gasteiger partial charge in [-0.3, -0.25) is 24.5 Å². The van der Waals surface area contributed by atoms with Crippen molar-refractivity contribution < 1.29 is 44.0 Å². The Morgan fingerprint density at radius 2 is 1.83 bits per heavy atom. The lowest BCUT2D eigenvalue weighted by Gasteiger charge is -2.42. The molecule has 0 radical (unpaired) electrons. The van der Waals surface area contributed by atoms with Gasteiger partial charge in [0, 0.05) is 18.8 Å². The summed E-state index contributed by atoms with van der Waals surface area (Å²) in [5.41, 5.74) is 3.36. The molecule has 1 heterocycles. The molecule has 0 aromatic heterocycles. The Morgan fingerprint density at radius 3 is 2.49 bits per heavy atom. The number of amides is 2. The zero-order valence-electron chi connectivity index (χ0n) is 26.6. The third-order valence-corrected chi connectivity index (χ3v) is 10.5. The number of carboxylic acid groups (broad SMARTS) is 2. The van der Waals surface area contributed by atoms with Crippen LogP contribution in [-0.2, 0) is 35.1 Å². The van der Waals surface area contributed by atoms with Gasteiger partial charge in [0.1, 0.15) is 23.8 Å². The largest absolute Gasteiger partial charge is 0.480 e. The Balaban J connectivity index is 1.54. The first-order chi connectivity index (χ1) is 22.5. The molecule has 1 aromatic carbocycles. The number of hydrogen-bond donors (Lipinski definition) is 7. The van der Waals surface area contributed by atoms with Crippen molar-refractivity contribution in [1.82, 2.24) is 21.3 Å².